The summed E-state index contributed by atoms with van der Waals surface area (Å²) in [7, 11) is 0. The highest BCUT2D eigenvalue weighted by molar-refractivity contribution is 7.73. The normalized spacial score (nSPS) is 10.9. The molecule has 0 aromatic carbocycles. The predicted molar refractivity (Wildman–Crippen MR) is 67.8 cm³/mol. The summed E-state index contributed by atoms with van der Waals surface area (Å²) in [5.74, 6) is -0.177. The molecule has 0 atom stereocenters. The summed E-state index contributed by atoms with van der Waals surface area (Å²) in [5.41, 5.74) is 0.883. The van der Waals surface area contributed by atoms with E-state index in [0.29, 0.717) is 3.95 Å². The van der Waals surface area contributed by atoms with Gasteiger partial charge in [-0.25, -0.2) is 8.78 Å². The Bertz CT molecular complexity index is 445. The van der Waals surface area contributed by atoms with Crippen LogP contribution in [0.1, 0.15) is 10.6 Å². The van der Waals surface area contributed by atoms with Gasteiger partial charge in [-0.3, -0.25) is 4.79 Å². The summed E-state index contributed by atoms with van der Waals surface area (Å²) in [6.45, 7) is 1.55. The molecule has 18 heavy (non-hydrogen) atoms. The summed E-state index contributed by atoms with van der Waals surface area (Å²) >= 11 is 6.32. The number of amides is 1. The van der Waals surface area contributed by atoms with Gasteiger partial charge in [0.15, 0.2) is 3.95 Å². The number of carbonyl (C=O) groups excluding carboxylic acids is 1. The highest BCUT2D eigenvalue weighted by Gasteiger charge is 2.08. The number of hydrogen-bond acceptors (Lipinski definition) is 4. The van der Waals surface area contributed by atoms with Crippen molar-refractivity contribution in [2.45, 2.75) is 19.8 Å². The summed E-state index contributed by atoms with van der Waals surface area (Å²) in [6, 6.07) is 0. The van der Waals surface area contributed by atoms with E-state index in [9.17, 15) is 13.6 Å². The van der Waals surface area contributed by atoms with Gasteiger partial charge in [-0.1, -0.05) is 0 Å². The van der Waals surface area contributed by atoms with E-state index in [2.05, 4.69) is 15.0 Å². The van der Waals surface area contributed by atoms with Crippen LogP contribution in [0.4, 0.5) is 8.78 Å². The zero-order valence-electron chi connectivity index (χ0n) is 9.79. The third kappa shape index (κ3) is 5.65. The SMILES string of the molecule is Cc1[nH]c(=S)sc1CC(=O)NCCOCC(F)F. The molecule has 0 aliphatic rings. The van der Waals surface area contributed by atoms with E-state index in [1.54, 1.807) is 0 Å². The van der Waals surface area contributed by atoms with E-state index >= 15 is 0 Å². The van der Waals surface area contributed by atoms with E-state index in [-0.39, 0.29) is 25.5 Å². The molecule has 4 nitrogen and oxygen atoms in total. The van der Waals surface area contributed by atoms with E-state index < -0.39 is 13.0 Å². The molecule has 1 aromatic rings. The van der Waals surface area contributed by atoms with Crippen molar-refractivity contribution < 1.29 is 18.3 Å². The van der Waals surface area contributed by atoms with Crippen LogP contribution < -0.4 is 5.32 Å². The standard InChI is InChI=1S/C10H14F2N2O2S2/c1-6-7(18-10(17)14-6)4-9(15)13-2-3-16-5-8(11)12/h8H,2-5H2,1H3,(H,13,15)(H,14,17). The quantitative estimate of drug-likeness (QED) is 0.598. The van der Waals surface area contributed by atoms with Crippen LogP contribution in [0.3, 0.4) is 0 Å². The molecule has 0 radical (unpaired) electrons. The van der Waals surface area contributed by atoms with Crippen molar-refractivity contribution in [1.82, 2.24) is 10.3 Å². The summed E-state index contributed by atoms with van der Waals surface area (Å²) in [6.07, 6.45) is -2.24. The molecular formula is C10H14F2N2O2S2. The van der Waals surface area contributed by atoms with Gasteiger partial charge in [-0.05, 0) is 19.1 Å². The number of halogens is 2. The molecule has 0 aliphatic heterocycles. The number of alkyl halides is 2. The molecule has 0 fully saturated rings. The maximum Gasteiger partial charge on any atom is 0.261 e. The van der Waals surface area contributed by atoms with Gasteiger partial charge in [0, 0.05) is 17.1 Å². The zero-order valence-corrected chi connectivity index (χ0v) is 11.4. The largest absolute Gasteiger partial charge is 0.374 e. The van der Waals surface area contributed by atoms with Crippen molar-refractivity contribution in [3.8, 4) is 0 Å². The zero-order chi connectivity index (χ0) is 13.5. The number of hydrogen-bond donors (Lipinski definition) is 2. The predicted octanol–water partition coefficient (Wildman–Crippen LogP) is 2.05. The van der Waals surface area contributed by atoms with Crippen LogP contribution in [0.5, 0.6) is 0 Å². The maximum atomic E-state index is 11.7. The Balaban J connectivity index is 2.22. The molecule has 0 saturated carbocycles. The molecule has 1 heterocycles. The van der Waals surface area contributed by atoms with Crippen molar-refractivity contribution >= 4 is 29.5 Å². The molecule has 1 aromatic heterocycles. The number of H-pyrrole nitrogens is 1. The van der Waals surface area contributed by atoms with Crippen LogP contribution in [-0.4, -0.2) is 37.1 Å². The first-order valence-electron chi connectivity index (χ1n) is 5.30. The number of nitrogens with one attached hydrogen (secondary N) is 2. The van der Waals surface area contributed by atoms with Gasteiger partial charge >= 0.3 is 0 Å². The first-order valence-corrected chi connectivity index (χ1v) is 6.52. The van der Waals surface area contributed by atoms with Crippen LogP contribution in [0, 0.1) is 10.9 Å². The number of aromatic amines is 1. The molecule has 0 bridgehead atoms. The van der Waals surface area contributed by atoms with Crippen LogP contribution in [0.2, 0.25) is 0 Å². The van der Waals surface area contributed by atoms with Crippen LogP contribution in [0.15, 0.2) is 0 Å². The second-order valence-corrected chi connectivity index (χ2v) is 5.33. The molecule has 0 spiro atoms. The number of rotatable bonds is 7. The minimum absolute atomic E-state index is 0.0813. The van der Waals surface area contributed by atoms with Gasteiger partial charge in [0.2, 0.25) is 5.91 Å². The van der Waals surface area contributed by atoms with E-state index in [1.807, 2.05) is 6.92 Å². The first-order chi connectivity index (χ1) is 8.49. The number of aromatic nitrogens is 1. The summed E-state index contributed by atoms with van der Waals surface area (Å²) in [5, 5.41) is 2.59. The van der Waals surface area contributed by atoms with Crippen LogP contribution in [-0.2, 0) is 16.0 Å². The second kappa shape index (κ2) is 7.55. The van der Waals surface area contributed by atoms with Gasteiger partial charge in [0.25, 0.3) is 6.43 Å². The Morgan fingerprint density at radius 1 is 1.61 bits per heavy atom. The average Bonchev–Trinajstić information content (AvgIpc) is 2.56. The molecule has 0 unspecified atom stereocenters. The molecule has 0 saturated heterocycles. The van der Waals surface area contributed by atoms with Gasteiger partial charge in [-0.15, -0.1) is 11.3 Å². The van der Waals surface area contributed by atoms with Gasteiger partial charge in [0.1, 0.15) is 6.61 Å². The monoisotopic (exact) mass is 296 g/mol. The molecule has 2 N–H and O–H groups in total. The fraction of sp³-hybridized carbons (Fsp3) is 0.600. The van der Waals surface area contributed by atoms with Crippen molar-refractivity contribution in [2.24, 2.45) is 0 Å². The Hall–Kier alpha value is -0.860. The van der Waals surface area contributed by atoms with Gasteiger partial charge in [0.05, 0.1) is 13.0 Å². The Morgan fingerprint density at radius 3 is 2.89 bits per heavy atom. The number of ether oxygens (including phenoxy) is 1. The van der Waals surface area contributed by atoms with E-state index in [1.165, 1.54) is 11.3 Å². The van der Waals surface area contributed by atoms with Gasteiger partial charge in [-0.2, -0.15) is 0 Å². The fourth-order valence-electron chi connectivity index (χ4n) is 1.25. The van der Waals surface area contributed by atoms with Crippen molar-refractivity contribution in [3.05, 3.63) is 14.5 Å². The highest BCUT2D eigenvalue weighted by atomic mass is 32.1. The molecule has 1 rings (SSSR count). The minimum atomic E-state index is -2.48. The lowest BCUT2D eigenvalue weighted by molar-refractivity contribution is -0.120. The minimum Gasteiger partial charge on any atom is -0.374 e. The van der Waals surface area contributed by atoms with Gasteiger partial charge < -0.3 is 15.0 Å². The number of aryl methyl sites for hydroxylation is 1. The molecule has 1 amide bonds. The molecule has 102 valence electrons. The lowest BCUT2D eigenvalue weighted by Gasteiger charge is -2.05. The lowest BCUT2D eigenvalue weighted by Crippen LogP contribution is -2.29. The summed E-state index contributed by atoms with van der Waals surface area (Å²) in [4.78, 5) is 15.3. The van der Waals surface area contributed by atoms with Crippen LogP contribution in [0.25, 0.3) is 0 Å². The third-order valence-corrected chi connectivity index (χ3v) is 3.39. The Morgan fingerprint density at radius 2 is 2.33 bits per heavy atom. The van der Waals surface area contributed by atoms with Crippen molar-refractivity contribution in [3.63, 3.8) is 0 Å². The molecule has 0 aliphatic carbocycles. The molecule has 8 heteroatoms. The Labute approximate surface area is 112 Å². The number of carbonyl (C=O) groups is 1. The average molecular weight is 296 g/mol. The number of thiazole rings is 1. The third-order valence-electron chi connectivity index (χ3n) is 2.06. The fourth-order valence-corrected chi connectivity index (χ4v) is 2.54. The van der Waals surface area contributed by atoms with Crippen LogP contribution >= 0.6 is 23.6 Å². The van der Waals surface area contributed by atoms with Crippen molar-refractivity contribution in [2.75, 3.05) is 19.8 Å². The second-order valence-electron chi connectivity index (χ2n) is 3.56. The highest BCUT2D eigenvalue weighted by Crippen LogP contribution is 2.14. The van der Waals surface area contributed by atoms with E-state index in [0.717, 1.165) is 10.6 Å². The summed E-state index contributed by atoms with van der Waals surface area (Å²) < 4.78 is 28.7. The van der Waals surface area contributed by atoms with E-state index in [4.69, 9.17) is 12.2 Å². The van der Waals surface area contributed by atoms with Crippen molar-refractivity contribution in [1.29, 1.82) is 0 Å². The lowest BCUT2D eigenvalue weighted by atomic mass is 10.3. The molecular weight excluding hydrogens is 282 g/mol. The maximum absolute atomic E-state index is 11.7. The topological polar surface area (TPSA) is 54.1 Å². The Kier molecular flexibility index (Phi) is 6.37. The smallest absolute Gasteiger partial charge is 0.261 e. The first kappa shape index (κ1) is 15.2.